The minimum absolute atomic E-state index is 0.00728. The van der Waals surface area contributed by atoms with Gasteiger partial charge in [-0.1, -0.05) is 37.1 Å². The molecule has 2 fully saturated rings. The molecule has 6 nitrogen and oxygen atoms in total. The van der Waals surface area contributed by atoms with Gasteiger partial charge in [0.05, 0.1) is 12.5 Å². The molecule has 8 heteroatoms. The Kier molecular flexibility index (Phi) is 8.34. The zero-order chi connectivity index (χ0) is 25.7. The van der Waals surface area contributed by atoms with Gasteiger partial charge < -0.3 is 4.74 Å². The highest BCUT2D eigenvalue weighted by atomic mass is 19.1. The van der Waals surface area contributed by atoms with Gasteiger partial charge in [-0.2, -0.15) is 0 Å². The van der Waals surface area contributed by atoms with Gasteiger partial charge >= 0.3 is 5.97 Å². The van der Waals surface area contributed by atoms with E-state index in [4.69, 9.17) is 4.74 Å². The van der Waals surface area contributed by atoms with Crippen molar-refractivity contribution in [1.82, 2.24) is 4.90 Å². The number of nitrogens with zero attached hydrogens (tertiary/aromatic N) is 2. The van der Waals surface area contributed by atoms with E-state index in [0.717, 1.165) is 31.2 Å². The van der Waals surface area contributed by atoms with Crippen LogP contribution >= 0.6 is 0 Å². The molecule has 0 N–H and O–H groups in total. The molecule has 0 radical (unpaired) electrons. The Morgan fingerprint density at radius 2 is 1.58 bits per heavy atom. The average Bonchev–Trinajstić information content (AvgIpc) is 2.88. The number of likely N-dealkylation sites (tertiary alicyclic amines) is 1. The Labute approximate surface area is 210 Å². The Balaban J connectivity index is 1.79. The van der Waals surface area contributed by atoms with Crippen LogP contribution in [-0.2, 0) is 15.1 Å². The van der Waals surface area contributed by atoms with Crippen molar-refractivity contribution in [3.05, 3.63) is 81.4 Å². The third-order valence-corrected chi connectivity index (χ3v) is 8.07. The molecular formula is C28H34F2N2O4. The second-order valence-electron chi connectivity index (χ2n) is 9.98. The molecule has 1 saturated heterocycles. The van der Waals surface area contributed by atoms with Crippen molar-refractivity contribution in [3.63, 3.8) is 0 Å². The topological polar surface area (TPSA) is 72.7 Å². The molecule has 2 aliphatic rings. The molecule has 0 spiro atoms. The van der Waals surface area contributed by atoms with Crippen molar-refractivity contribution in [2.24, 2.45) is 11.8 Å². The van der Waals surface area contributed by atoms with Crippen LogP contribution in [0.3, 0.4) is 0 Å². The molecule has 36 heavy (non-hydrogen) atoms. The Morgan fingerprint density at radius 3 is 2.17 bits per heavy atom. The molecule has 2 aromatic carbocycles. The van der Waals surface area contributed by atoms with Crippen LogP contribution in [0.1, 0.15) is 62.5 Å². The van der Waals surface area contributed by atoms with Gasteiger partial charge in [-0.25, -0.2) is 8.78 Å². The van der Waals surface area contributed by atoms with Crippen molar-refractivity contribution in [1.29, 1.82) is 0 Å². The van der Waals surface area contributed by atoms with E-state index >= 15 is 0 Å². The van der Waals surface area contributed by atoms with Gasteiger partial charge in [-0.15, -0.1) is 0 Å². The van der Waals surface area contributed by atoms with Gasteiger partial charge in [0.25, 0.3) is 0 Å². The number of carbonyl (C=O) groups excluding carboxylic acids is 1. The maximum atomic E-state index is 14.0. The quantitative estimate of drug-likeness (QED) is 0.265. The first-order valence-corrected chi connectivity index (χ1v) is 12.9. The number of ether oxygens (including phenoxy) is 1. The Hall–Kier alpha value is -2.87. The minimum atomic E-state index is -0.990. The lowest BCUT2D eigenvalue weighted by Crippen LogP contribution is -2.59. The molecule has 0 bridgehead atoms. The van der Waals surface area contributed by atoms with E-state index in [1.54, 1.807) is 31.2 Å². The fourth-order valence-corrected chi connectivity index (χ4v) is 6.46. The summed E-state index contributed by atoms with van der Waals surface area (Å²) >= 11 is 0. The number of hydrogen-bond donors (Lipinski definition) is 0. The molecule has 1 aliphatic heterocycles. The summed E-state index contributed by atoms with van der Waals surface area (Å²) in [5, 5.41) is 12.3. The maximum Gasteiger partial charge on any atom is 0.309 e. The van der Waals surface area contributed by atoms with E-state index in [1.807, 2.05) is 0 Å². The van der Waals surface area contributed by atoms with Crippen molar-refractivity contribution in [2.45, 2.75) is 56.9 Å². The average molecular weight is 501 g/mol. The number of benzene rings is 2. The summed E-state index contributed by atoms with van der Waals surface area (Å²) < 4.78 is 32.9. The standard InChI is InChI=1S/C28H34F2N2O4/c1-2-36-27(33)21-15-17-31(18-16-21)28(19-32(34)35,22-9-13-24(30)14-10-22)26-6-4-3-5-25(26)20-7-11-23(29)12-8-20/h7-14,21,25-26H,2-6,15-19H2,1H3. The lowest BCUT2D eigenvalue weighted by molar-refractivity contribution is -0.501. The smallest absolute Gasteiger partial charge is 0.309 e. The molecule has 3 atom stereocenters. The molecule has 2 aromatic rings. The third kappa shape index (κ3) is 5.43. The van der Waals surface area contributed by atoms with Gasteiger partial charge in [0.2, 0.25) is 6.54 Å². The molecule has 1 saturated carbocycles. The molecule has 1 heterocycles. The zero-order valence-electron chi connectivity index (χ0n) is 20.7. The fraction of sp³-hybridized carbons (Fsp3) is 0.536. The first-order valence-electron chi connectivity index (χ1n) is 12.9. The van der Waals surface area contributed by atoms with Crippen molar-refractivity contribution < 1.29 is 23.2 Å². The summed E-state index contributed by atoms with van der Waals surface area (Å²) in [7, 11) is 0. The highest BCUT2D eigenvalue weighted by Crippen LogP contribution is 2.51. The van der Waals surface area contributed by atoms with Crippen LogP contribution in [0.2, 0.25) is 0 Å². The van der Waals surface area contributed by atoms with Crippen LogP contribution in [0.25, 0.3) is 0 Å². The van der Waals surface area contributed by atoms with E-state index in [1.165, 1.54) is 24.3 Å². The Bertz CT molecular complexity index is 1040. The van der Waals surface area contributed by atoms with Crippen LogP contribution in [0.4, 0.5) is 8.78 Å². The first kappa shape index (κ1) is 26.2. The van der Waals surface area contributed by atoms with Gasteiger partial charge in [-0.05, 0) is 79.8 Å². The monoisotopic (exact) mass is 500 g/mol. The largest absolute Gasteiger partial charge is 0.466 e. The minimum Gasteiger partial charge on any atom is -0.466 e. The highest BCUT2D eigenvalue weighted by Gasteiger charge is 2.53. The van der Waals surface area contributed by atoms with Crippen LogP contribution in [-0.4, -0.2) is 42.0 Å². The van der Waals surface area contributed by atoms with Crippen molar-refractivity contribution in [3.8, 4) is 0 Å². The Morgan fingerprint density at radius 1 is 1.00 bits per heavy atom. The number of halogens is 2. The molecule has 0 amide bonds. The molecule has 4 rings (SSSR count). The maximum absolute atomic E-state index is 14.0. The van der Waals surface area contributed by atoms with E-state index in [9.17, 15) is 23.7 Å². The summed E-state index contributed by atoms with van der Waals surface area (Å²) in [6.45, 7) is 2.78. The van der Waals surface area contributed by atoms with Crippen LogP contribution in [0, 0.1) is 33.6 Å². The van der Waals surface area contributed by atoms with Gasteiger partial charge in [0, 0.05) is 18.0 Å². The van der Waals surface area contributed by atoms with Gasteiger partial charge in [0.15, 0.2) is 0 Å². The summed E-state index contributed by atoms with van der Waals surface area (Å²) in [5.74, 6) is -1.31. The fourth-order valence-electron chi connectivity index (χ4n) is 6.46. The summed E-state index contributed by atoms with van der Waals surface area (Å²) in [6, 6.07) is 12.5. The van der Waals surface area contributed by atoms with E-state index in [2.05, 4.69) is 4.90 Å². The molecule has 0 aromatic heterocycles. The number of esters is 1. The SMILES string of the molecule is CCOC(=O)C1CCN(C(C[N+](=O)[O-])(c2ccc(F)cc2)C2CCCCC2c2ccc(F)cc2)CC1. The zero-order valence-corrected chi connectivity index (χ0v) is 20.7. The molecule has 3 unspecified atom stereocenters. The van der Waals surface area contributed by atoms with Crippen molar-refractivity contribution in [2.75, 3.05) is 26.2 Å². The van der Waals surface area contributed by atoms with E-state index in [0.29, 0.717) is 38.1 Å². The predicted octanol–water partition coefficient (Wildman–Crippen LogP) is 5.69. The lowest BCUT2D eigenvalue weighted by Gasteiger charge is -2.52. The van der Waals surface area contributed by atoms with Crippen LogP contribution in [0.15, 0.2) is 48.5 Å². The third-order valence-electron chi connectivity index (χ3n) is 8.07. The van der Waals surface area contributed by atoms with Crippen molar-refractivity contribution >= 4 is 5.97 Å². The number of nitro groups is 1. The van der Waals surface area contributed by atoms with E-state index < -0.39 is 11.4 Å². The normalized spacial score (nSPS) is 23.1. The molecule has 1 aliphatic carbocycles. The second kappa shape index (κ2) is 11.5. The summed E-state index contributed by atoms with van der Waals surface area (Å²) in [6.07, 6.45) is 4.63. The number of rotatable bonds is 8. The van der Waals surface area contributed by atoms with Gasteiger partial charge in [-0.3, -0.25) is 19.8 Å². The number of piperidine rings is 1. The van der Waals surface area contributed by atoms with Crippen LogP contribution in [0.5, 0.6) is 0 Å². The number of hydrogen-bond acceptors (Lipinski definition) is 5. The first-order chi connectivity index (χ1) is 17.3. The summed E-state index contributed by atoms with van der Waals surface area (Å²) in [5.41, 5.74) is 0.697. The van der Waals surface area contributed by atoms with Crippen LogP contribution < -0.4 is 0 Å². The molecular weight excluding hydrogens is 466 g/mol. The highest BCUT2D eigenvalue weighted by molar-refractivity contribution is 5.72. The van der Waals surface area contributed by atoms with E-state index in [-0.39, 0.29) is 41.0 Å². The molecule has 194 valence electrons. The summed E-state index contributed by atoms with van der Waals surface area (Å²) in [4.78, 5) is 26.5. The second-order valence-corrected chi connectivity index (χ2v) is 9.98. The number of carbonyl (C=O) groups is 1. The predicted molar refractivity (Wildman–Crippen MR) is 132 cm³/mol. The lowest BCUT2D eigenvalue weighted by atomic mass is 9.62. The van der Waals surface area contributed by atoms with Gasteiger partial charge in [0.1, 0.15) is 17.2 Å².